The molecule has 0 spiro atoms. The van der Waals surface area contributed by atoms with E-state index in [2.05, 4.69) is 22.1 Å². The largest absolute Gasteiger partial charge is 0.491 e. The van der Waals surface area contributed by atoms with Crippen molar-refractivity contribution in [2.45, 2.75) is 45.4 Å². The van der Waals surface area contributed by atoms with Gasteiger partial charge in [-0.3, -0.25) is 10.1 Å². The van der Waals surface area contributed by atoms with E-state index in [0.29, 0.717) is 31.1 Å². The molecule has 0 atom stereocenters. The molecule has 0 amide bonds. The van der Waals surface area contributed by atoms with Gasteiger partial charge in [-0.05, 0) is 24.6 Å². The van der Waals surface area contributed by atoms with Crippen molar-refractivity contribution in [1.82, 2.24) is 4.98 Å². The number of hydrogen-bond acceptors (Lipinski definition) is 9. The van der Waals surface area contributed by atoms with E-state index in [4.69, 9.17) is 4.74 Å². The molecule has 1 aromatic heterocycles. The van der Waals surface area contributed by atoms with Crippen LogP contribution in [-0.4, -0.2) is 53.0 Å². The Kier molecular flexibility index (Phi) is 11.8. The average Bonchev–Trinajstić information content (AvgIpc) is 2.82. The summed E-state index contributed by atoms with van der Waals surface area (Å²) >= 11 is 0. The highest BCUT2D eigenvalue weighted by molar-refractivity contribution is 5.62. The molecule has 10 heteroatoms. The van der Waals surface area contributed by atoms with Crippen molar-refractivity contribution in [1.29, 1.82) is 0 Å². The van der Waals surface area contributed by atoms with Gasteiger partial charge in [0.1, 0.15) is 17.6 Å². The third-order valence-electron chi connectivity index (χ3n) is 5.01. The maximum Gasteiger partial charge on any atom is 0.287 e. The Morgan fingerprint density at radius 1 is 1.03 bits per heavy atom. The summed E-state index contributed by atoms with van der Waals surface area (Å²) in [4.78, 5) is 16.1. The Labute approximate surface area is 194 Å². The fourth-order valence-electron chi connectivity index (χ4n) is 3.22. The molecule has 2 aromatic rings. The molecule has 0 bridgehead atoms. The summed E-state index contributed by atoms with van der Waals surface area (Å²) in [5.41, 5.74) is 1.18. The first-order valence-corrected chi connectivity index (χ1v) is 11.3. The lowest BCUT2D eigenvalue weighted by Gasteiger charge is -2.23. The number of aliphatic hydroxyl groups is 2. The molecule has 0 aliphatic heterocycles. The molecule has 0 aliphatic carbocycles. The maximum atomic E-state index is 10.8. The van der Waals surface area contributed by atoms with Gasteiger partial charge in [0.25, 0.3) is 5.69 Å². The predicted molar refractivity (Wildman–Crippen MR) is 127 cm³/mol. The second kappa shape index (κ2) is 14.9. The number of ether oxygens (including phenoxy) is 1. The lowest BCUT2D eigenvalue weighted by molar-refractivity contribution is -0.385. The molecular formula is C23H33N5O5. The molecule has 0 fully saturated rings. The summed E-state index contributed by atoms with van der Waals surface area (Å²) in [6, 6.07) is 8.14. The molecule has 180 valence electrons. The Bertz CT molecular complexity index is 870. The Morgan fingerprint density at radius 3 is 2.39 bits per heavy atom. The van der Waals surface area contributed by atoms with E-state index < -0.39 is 4.92 Å². The van der Waals surface area contributed by atoms with Gasteiger partial charge in [-0.1, -0.05) is 39.0 Å². The summed E-state index contributed by atoms with van der Waals surface area (Å²) in [6.45, 7) is 3.40. The van der Waals surface area contributed by atoms with Crippen molar-refractivity contribution in [2.75, 3.05) is 37.8 Å². The number of rotatable bonds is 16. The van der Waals surface area contributed by atoms with Crippen molar-refractivity contribution in [3.8, 4) is 5.75 Å². The molecular weight excluding hydrogens is 426 g/mol. The average molecular weight is 460 g/mol. The first-order chi connectivity index (χ1) is 16.1. The number of nitrogens with zero attached hydrogens (tertiary/aromatic N) is 5. The van der Waals surface area contributed by atoms with Gasteiger partial charge in [0.2, 0.25) is 0 Å². The summed E-state index contributed by atoms with van der Waals surface area (Å²) < 4.78 is 6.01. The fraction of sp³-hybridized carbons (Fsp3) is 0.522. The normalized spacial score (nSPS) is 11.1. The summed E-state index contributed by atoms with van der Waals surface area (Å²) in [5.74, 6) is 0.779. The molecule has 1 aromatic carbocycles. The Morgan fingerprint density at radius 2 is 1.76 bits per heavy atom. The Balaban J connectivity index is 2.15. The van der Waals surface area contributed by atoms with Crippen LogP contribution in [0.1, 0.15) is 45.4 Å². The van der Waals surface area contributed by atoms with Gasteiger partial charge in [-0.25, -0.2) is 4.98 Å². The van der Waals surface area contributed by atoms with Gasteiger partial charge in [0.05, 0.1) is 24.7 Å². The van der Waals surface area contributed by atoms with E-state index >= 15 is 0 Å². The van der Waals surface area contributed by atoms with Crippen LogP contribution >= 0.6 is 0 Å². The molecule has 2 rings (SSSR count). The lowest BCUT2D eigenvalue weighted by Crippen LogP contribution is -2.29. The van der Waals surface area contributed by atoms with Crippen LogP contribution in [0.15, 0.2) is 46.8 Å². The van der Waals surface area contributed by atoms with Crippen molar-refractivity contribution in [3.05, 3.63) is 46.6 Å². The van der Waals surface area contributed by atoms with Crippen molar-refractivity contribution in [3.63, 3.8) is 0 Å². The van der Waals surface area contributed by atoms with E-state index in [-0.39, 0.29) is 24.7 Å². The third kappa shape index (κ3) is 9.11. The molecule has 0 saturated carbocycles. The third-order valence-corrected chi connectivity index (χ3v) is 5.01. The second-order valence-corrected chi connectivity index (χ2v) is 7.53. The number of benzene rings is 1. The van der Waals surface area contributed by atoms with Crippen LogP contribution in [0, 0.1) is 10.1 Å². The number of unbranched alkanes of at least 4 members (excludes halogenated alkanes) is 5. The zero-order valence-electron chi connectivity index (χ0n) is 19.1. The second-order valence-electron chi connectivity index (χ2n) is 7.53. The number of aromatic nitrogens is 1. The van der Waals surface area contributed by atoms with Crippen molar-refractivity contribution >= 4 is 22.9 Å². The molecule has 10 nitrogen and oxygen atoms in total. The molecule has 0 saturated heterocycles. The minimum atomic E-state index is -0.522. The van der Waals surface area contributed by atoms with E-state index in [0.717, 1.165) is 24.7 Å². The molecule has 2 N–H and O–H groups in total. The highest BCUT2D eigenvalue weighted by Gasteiger charge is 2.11. The molecule has 1 heterocycles. The van der Waals surface area contributed by atoms with E-state index in [1.165, 1.54) is 37.8 Å². The van der Waals surface area contributed by atoms with Crippen LogP contribution in [0.3, 0.4) is 0 Å². The highest BCUT2D eigenvalue weighted by Crippen LogP contribution is 2.33. The van der Waals surface area contributed by atoms with Gasteiger partial charge in [-0.2, -0.15) is 0 Å². The van der Waals surface area contributed by atoms with Crippen LogP contribution < -0.4 is 9.64 Å². The van der Waals surface area contributed by atoms with Gasteiger partial charge < -0.3 is 19.8 Å². The van der Waals surface area contributed by atoms with Gasteiger partial charge >= 0.3 is 0 Å². The zero-order chi connectivity index (χ0) is 23.9. The molecule has 0 unspecified atom stereocenters. The number of azo groups is 1. The SMILES string of the molecule is CCCCCCCCOc1cc(N(CCO)CCO)ccc1N=Nc1ccc([N+](=O)[O-])cn1. The number of aliphatic hydroxyl groups excluding tert-OH is 2. The van der Waals surface area contributed by atoms with Crippen molar-refractivity contribution < 1.29 is 19.9 Å². The van der Waals surface area contributed by atoms with Gasteiger partial charge in [0, 0.05) is 30.9 Å². The summed E-state index contributed by atoms with van der Waals surface area (Å²) in [6.07, 6.45) is 8.00. The van der Waals surface area contributed by atoms with E-state index in [9.17, 15) is 20.3 Å². The van der Waals surface area contributed by atoms with Gasteiger partial charge in [-0.15, -0.1) is 10.2 Å². The van der Waals surface area contributed by atoms with Crippen molar-refractivity contribution in [2.24, 2.45) is 10.2 Å². The summed E-state index contributed by atoms with van der Waals surface area (Å²) in [5, 5.41) is 37.8. The minimum absolute atomic E-state index is 0.0405. The summed E-state index contributed by atoms with van der Waals surface area (Å²) in [7, 11) is 0. The van der Waals surface area contributed by atoms with Crippen LogP contribution in [-0.2, 0) is 0 Å². The number of nitro groups is 1. The standard InChI is InChI=1S/C23H33N5O5/c1-2-3-4-5-6-7-16-33-22-17-19(27(12-14-29)13-15-30)8-10-21(22)25-26-23-11-9-20(18-24-23)28(31)32/h8-11,17-18,29-30H,2-7,12-16H2,1H3. The number of anilines is 1. The van der Waals surface area contributed by atoms with E-state index in [1.807, 2.05) is 17.0 Å². The smallest absolute Gasteiger partial charge is 0.287 e. The van der Waals surface area contributed by atoms with Crippen LogP contribution in [0.25, 0.3) is 0 Å². The molecule has 0 aliphatic rings. The monoisotopic (exact) mass is 459 g/mol. The highest BCUT2D eigenvalue weighted by atomic mass is 16.6. The van der Waals surface area contributed by atoms with Crippen LogP contribution in [0.4, 0.5) is 22.9 Å². The maximum absolute atomic E-state index is 10.8. The quantitative estimate of drug-likeness (QED) is 0.157. The van der Waals surface area contributed by atoms with Crippen LogP contribution in [0.2, 0.25) is 0 Å². The first kappa shape index (κ1) is 26.1. The molecule has 33 heavy (non-hydrogen) atoms. The first-order valence-electron chi connectivity index (χ1n) is 11.3. The minimum Gasteiger partial charge on any atom is -0.491 e. The Hall–Kier alpha value is -3.11. The number of pyridine rings is 1. The molecule has 0 radical (unpaired) electrons. The van der Waals surface area contributed by atoms with Crippen LogP contribution in [0.5, 0.6) is 5.75 Å². The number of hydrogen-bond donors (Lipinski definition) is 2. The predicted octanol–water partition coefficient (Wildman–Crippen LogP) is 4.94. The zero-order valence-corrected chi connectivity index (χ0v) is 19.1. The lowest BCUT2D eigenvalue weighted by atomic mass is 10.1. The topological polar surface area (TPSA) is 134 Å². The van der Waals surface area contributed by atoms with Gasteiger partial charge in [0.15, 0.2) is 5.82 Å². The van der Waals surface area contributed by atoms with E-state index in [1.54, 1.807) is 6.07 Å². The fourth-order valence-corrected chi connectivity index (χ4v) is 3.22.